The zero-order valence-corrected chi connectivity index (χ0v) is 11.1. The van der Waals surface area contributed by atoms with Crippen LogP contribution in [0.2, 0.25) is 0 Å². The van der Waals surface area contributed by atoms with Crippen LogP contribution < -0.4 is 5.73 Å². The van der Waals surface area contributed by atoms with Gasteiger partial charge in [-0.2, -0.15) is 11.3 Å². The van der Waals surface area contributed by atoms with Gasteiger partial charge in [0.25, 0.3) is 0 Å². The third kappa shape index (κ3) is 1.99. The van der Waals surface area contributed by atoms with E-state index in [4.69, 9.17) is 5.73 Å². The Morgan fingerprint density at radius 2 is 2.22 bits per heavy atom. The third-order valence-corrected chi connectivity index (χ3v) is 3.87. The Kier molecular flexibility index (Phi) is 2.80. The van der Waals surface area contributed by atoms with Gasteiger partial charge < -0.3 is 10.3 Å². The minimum atomic E-state index is 0.603. The lowest BCUT2D eigenvalue weighted by Crippen LogP contribution is -2.05. The maximum absolute atomic E-state index is 6.00. The number of imidazole rings is 1. The van der Waals surface area contributed by atoms with E-state index in [9.17, 15) is 0 Å². The molecule has 0 saturated carbocycles. The first-order chi connectivity index (χ1) is 8.74. The van der Waals surface area contributed by atoms with Crippen LogP contribution in [0.1, 0.15) is 11.1 Å². The quantitative estimate of drug-likeness (QED) is 0.783. The largest absolute Gasteiger partial charge is 0.369 e. The van der Waals surface area contributed by atoms with Crippen molar-refractivity contribution in [3.05, 3.63) is 46.2 Å². The number of hydrogen-bond donors (Lipinski definition) is 1. The summed E-state index contributed by atoms with van der Waals surface area (Å²) >= 11 is 1.73. The molecular weight excluding hydrogens is 242 g/mol. The number of hydrogen-bond acceptors (Lipinski definition) is 3. The number of nitrogens with two attached hydrogens (primary N) is 1. The number of nitrogens with zero attached hydrogens (tertiary/aromatic N) is 2. The van der Waals surface area contributed by atoms with Gasteiger partial charge in [-0.25, -0.2) is 4.98 Å². The number of aromatic nitrogens is 2. The molecule has 0 spiro atoms. The second kappa shape index (κ2) is 4.46. The highest BCUT2D eigenvalue weighted by Gasteiger charge is 2.08. The van der Waals surface area contributed by atoms with Gasteiger partial charge in [0.1, 0.15) is 0 Å². The van der Waals surface area contributed by atoms with Crippen LogP contribution in [0.4, 0.5) is 5.95 Å². The van der Waals surface area contributed by atoms with Gasteiger partial charge >= 0.3 is 0 Å². The number of benzene rings is 1. The summed E-state index contributed by atoms with van der Waals surface area (Å²) in [5, 5.41) is 4.29. The Labute approximate surface area is 110 Å². The van der Waals surface area contributed by atoms with Gasteiger partial charge in [0, 0.05) is 6.54 Å². The Morgan fingerprint density at radius 1 is 1.33 bits per heavy atom. The van der Waals surface area contributed by atoms with E-state index in [0.29, 0.717) is 5.95 Å². The van der Waals surface area contributed by atoms with Gasteiger partial charge in [-0.1, -0.05) is 6.07 Å². The lowest BCUT2D eigenvalue weighted by atomic mass is 10.2. The Balaban J connectivity index is 1.93. The maximum Gasteiger partial charge on any atom is 0.201 e. The van der Waals surface area contributed by atoms with Gasteiger partial charge in [-0.05, 0) is 53.4 Å². The van der Waals surface area contributed by atoms with Gasteiger partial charge in [-0.15, -0.1) is 0 Å². The molecule has 0 radical (unpaired) electrons. The molecule has 2 N–H and O–H groups in total. The van der Waals surface area contributed by atoms with Crippen molar-refractivity contribution in [1.29, 1.82) is 0 Å². The molecule has 0 saturated heterocycles. The summed E-state index contributed by atoms with van der Waals surface area (Å²) in [5.74, 6) is 0.603. The Morgan fingerprint density at radius 3 is 3.00 bits per heavy atom. The van der Waals surface area contributed by atoms with E-state index in [2.05, 4.69) is 51.5 Å². The molecule has 3 aromatic rings. The molecule has 3 nitrogen and oxygen atoms in total. The average Bonchev–Trinajstić information content (AvgIpc) is 2.93. The normalized spacial score (nSPS) is 11.2. The molecule has 0 aliphatic heterocycles. The number of rotatable bonds is 3. The van der Waals surface area contributed by atoms with E-state index in [1.807, 2.05) is 0 Å². The summed E-state index contributed by atoms with van der Waals surface area (Å²) in [7, 11) is 0. The van der Waals surface area contributed by atoms with Crippen molar-refractivity contribution < 1.29 is 0 Å². The summed E-state index contributed by atoms with van der Waals surface area (Å²) in [6, 6.07) is 8.43. The first kappa shape index (κ1) is 11.3. The minimum absolute atomic E-state index is 0.603. The fraction of sp³-hybridized carbons (Fsp3) is 0.214. The van der Waals surface area contributed by atoms with E-state index in [1.165, 1.54) is 11.1 Å². The SMILES string of the molecule is Cc1ccc2c(c1)nc(N)n2CCc1ccsc1. The summed E-state index contributed by atoms with van der Waals surface area (Å²) < 4.78 is 2.09. The van der Waals surface area contributed by atoms with Gasteiger partial charge in [0.15, 0.2) is 0 Å². The van der Waals surface area contributed by atoms with Crippen LogP contribution in [0.15, 0.2) is 35.0 Å². The Hall–Kier alpha value is -1.81. The first-order valence-corrected chi connectivity index (χ1v) is 6.92. The number of nitrogen functional groups attached to an aromatic ring is 1. The number of fused-ring (bicyclic) bond motifs is 1. The second-order valence-electron chi connectivity index (χ2n) is 4.50. The zero-order valence-electron chi connectivity index (χ0n) is 10.3. The molecular formula is C14H15N3S. The Bertz CT molecular complexity index is 668. The van der Waals surface area contributed by atoms with Crippen molar-refractivity contribution in [2.24, 2.45) is 0 Å². The second-order valence-corrected chi connectivity index (χ2v) is 5.28. The van der Waals surface area contributed by atoms with Crippen LogP contribution in [0.25, 0.3) is 11.0 Å². The molecule has 0 unspecified atom stereocenters. The highest BCUT2D eigenvalue weighted by molar-refractivity contribution is 7.07. The minimum Gasteiger partial charge on any atom is -0.369 e. The number of thiophene rings is 1. The van der Waals surface area contributed by atoms with Gasteiger partial charge in [0.2, 0.25) is 5.95 Å². The molecule has 4 heteroatoms. The zero-order chi connectivity index (χ0) is 12.5. The molecule has 0 aliphatic rings. The standard InChI is InChI=1S/C14H15N3S/c1-10-2-3-13-12(8-10)16-14(15)17(13)6-4-11-5-7-18-9-11/h2-3,5,7-9H,4,6H2,1H3,(H2,15,16). The monoisotopic (exact) mass is 257 g/mol. The summed E-state index contributed by atoms with van der Waals surface area (Å²) in [6.07, 6.45) is 0.993. The van der Waals surface area contributed by atoms with E-state index in [-0.39, 0.29) is 0 Å². The molecule has 0 aliphatic carbocycles. The molecule has 0 fully saturated rings. The third-order valence-electron chi connectivity index (χ3n) is 3.14. The van der Waals surface area contributed by atoms with Crippen LogP contribution in [0, 0.1) is 6.92 Å². The predicted molar refractivity (Wildman–Crippen MR) is 76.9 cm³/mol. The summed E-state index contributed by atoms with van der Waals surface area (Å²) in [5.41, 5.74) is 10.7. The molecule has 2 heterocycles. The molecule has 92 valence electrons. The molecule has 1 aromatic carbocycles. The maximum atomic E-state index is 6.00. The molecule has 2 aromatic heterocycles. The topological polar surface area (TPSA) is 43.8 Å². The van der Waals surface area contributed by atoms with E-state index in [1.54, 1.807) is 11.3 Å². The van der Waals surface area contributed by atoms with Crippen LogP contribution in [-0.4, -0.2) is 9.55 Å². The molecule has 0 amide bonds. The van der Waals surface area contributed by atoms with Crippen molar-refractivity contribution in [3.63, 3.8) is 0 Å². The average molecular weight is 257 g/mol. The number of aryl methyl sites for hydroxylation is 3. The number of anilines is 1. The van der Waals surface area contributed by atoms with Crippen molar-refractivity contribution in [2.75, 3.05) is 5.73 Å². The first-order valence-electron chi connectivity index (χ1n) is 5.97. The fourth-order valence-electron chi connectivity index (χ4n) is 2.17. The van der Waals surface area contributed by atoms with Crippen molar-refractivity contribution in [3.8, 4) is 0 Å². The van der Waals surface area contributed by atoms with Crippen LogP contribution in [0.3, 0.4) is 0 Å². The van der Waals surface area contributed by atoms with Crippen LogP contribution in [-0.2, 0) is 13.0 Å². The van der Waals surface area contributed by atoms with Crippen LogP contribution in [0.5, 0.6) is 0 Å². The van der Waals surface area contributed by atoms with Gasteiger partial charge in [-0.3, -0.25) is 0 Å². The van der Waals surface area contributed by atoms with Crippen molar-refractivity contribution in [1.82, 2.24) is 9.55 Å². The van der Waals surface area contributed by atoms with Crippen molar-refractivity contribution in [2.45, 2.75) is 19.9 Å². The molecule has 0 atom stereocenters. The van der Waals surface area contributed by atoms with Crippen LogP contribution >= 0.6 is 11.3 Å². The van der Waals surface area contributed by atoms with E-state index >= 15 is 0 Å². The van der Waals surface area contributed by atoms with E-state index < -0.39 is 0 Å². The lowest BCUT2D eigenvalue weighted by molar-refractivity contribution is 0.727. The smallest absolute Gasteiger partial charge is 0.201 e. The van der Waals surface area contributed by atoms with Gasteiger partial charge in [0.05, 0.1) is 11.0 Å². The van der Waals surface area contributed by atoms with E-state index in [0.717, 1.165) is 24.0 Å². The summed E-state index contributed by atoms with van der Waals surface area (Å²) in [4.78, 5) is 4.42. The molecule has 18 heavy (non-hydrogen) atoms. The highest BCUT2D eigenvalue weighted by atomic mass is 32.1. The summed E-state index contributed by atoms with van der Waals surface area (Å²) in [6.45, 7) is 2.95. The van der Waals surface area contributed by atoms with Crippen molar-refractivity contribution >= 4 is 28.3 Å². The molecule has 3 rings (SSSR count). The predicted octanol–water partition coefficient (Wildman–Crippen LogP) is 3.23. The molecule has 0 bridgehead atoms. The lowest BCUT2D eigenvalue weighted by Gasteiger charge is -2.05. The fourth-order valence-corrected chi connectivity index (χ4v) is 2.87. The highest BCUT2D eigenvalue weighted by Crippen LogP contribution is 2.20.